The van der Waals surface area contributed by atoms with Crippen molar-refractivity contribution in [3.8, 4) is 5.75 Å². The molecule has 49 heavy (non-hydrogen) atoms. The van der Waals surface area contributed by atoms with Crippen molar-refractivity contribution in [3.05, 3.63) is 131 Å². The van der Waals surface area contributed by atoms with Crippen LogP contribution in [-0.4, -0.2) is 62.1 Å². The molecule has 5 nitrogen and oxygen atoms in total. The van der Waals surface area contributed by atoms with E-state index in [-0.39, 0.29) is 23.5 Å². The van der Waals surface area contributed by atoms with Crippen molar-refractivity contribution in [1.29, 1.82) is 0 Å². The Hall–Kier alpha value is -4.07. The highest BCUT2D eigenvalue weighted by molar-refractivity contribution is 6.10. The predicted octanol–water partition coefficient (Wildman–Crippen LogP) is 8.40. The SMILES string of the molecule is CCCC(c1ccc(F)cc1)(c1ccc(F)cc1)N1CCN(CCCCOc2ccccc2C2(C(C)C)C(=O)N(C)c3ccccc32)CC1. The maximum Gasteiger partial charge on any atom is 0.242 e. The van der Waals surface area contributed by atoms with Gasteiger partial charge in [0, 0.05) is 44.5 Å². The summed E-state index contributed by atoms with van der Waals surface area (Å²) < 4.78 is 34.5. The van der Waals surface area contributed by atoms with Gasteiger partial charge in [-0.2, -0.15) is 0 Å². The molecule has 1 atom stereocenters. The number of fused-ring (bicyclic) bond motifs is 1. The fourth-order valence-electron chi connectivity index (χ4n) is 8.40. The Kier molecular flexibility index (Phi) is 10.5. The number of nitrogens with zero attached hydrogens (tertiary/aromatic N) is 3. The van der Waals surface area contributed by atoms with Crippen LogP contribution in [0, 0.1) is 17.6 Å². The van der Waals surface area contributed by atoms with Crippen molar-refractivity contribution in [2.45, 2.75) is 57.4 Å². The molecule has 0 bridgehead atoms. The van der Waals surface area contributed by atoms with Crippen molar-refractivity contribution in [1.82, 2.24) is 9.80 Å². The van der Waals surface area contributed by atoms with Crippen LogP contribution in [0.4, 0.5) is 14.5 Å². The average molecular weight is 666 g/mol. The summed E-state index contributed by atoms with van der Waals surface area (Å²) >= 11 is 0. The topological polar surface area (TPSA) is 36.0 Å². The molecule has 4 aromatic rings. The molecule has 258 valence electrons. The largest absolute Gasteiger partial charge is 0.493 e. The maximum absolute atomic E-state index is 14.0. The molecule has 0 aliphatic carbocycles. The molecular formula is C42H49F2N3O2. The first-order valence-electron chi connectivity index (χ1n) is 17.8. The van der Waals surface area contributed by atoms with Gasteiger partial charge in [0.05, 0.1) is 12.1 Å². The van der Waals surface area contributed by atoms with E-state index in [0.717, 1.165) is 92.1 Å². The number of unbranched alkanes of at least 4 members (excludes halogenated alkanes) is 1. The number of amides is 1. The summed E-state index contributed by atoms with van der Waals surface area (Å²) in [6.45, 7) is 11.5. The van der Waals surface area contributed by atoms with Crippen LogP contribution in [0.3, 0.4) is 0 Å². The van der Waals surface area contributed by atoms with Gasteiger partial charge in [-0.25, -0.2) is 8.78 Å². The molecule has 1 amide bonds. The van der Waals surface area contributed by atoms with E-state index >= 15 is 0 Å². The van der Waals surface area contributed by atoms with E-state index in [2.05, 4.69) is 42.7 Å². The van der Waals surface area contributed by atoms with Crippen LogP contribution in [-0.2, 0) is 15.7 Å². The minimum absolute atomic E-state index is 0.0386. The number of ether oxygens (including phenoxy) is 1. The highest BCUT2D eigenvalue weighted by Crippen LogP contribution is 2.52. The quantitative estimate of drug-likeness (QED) is 0.135. The highest BCUT2D eigenvalue weighted by Gasteiger charge is 2.54. The third kappa shape index (κ3) is 6.39. The van der Waals surface area contributed by atoms with E-state index in [4.69, 9.17) is 4.74 Å². The number of para-hydroxylation sites is 2. The lowest BCUT2D eigenvalue weighted by molar-refractivity contribution is -0.122. The first kappa shape index (κ1) is 34.8. The third-order valence-electron chi connectivity index (χ3n) is 10.8. The molecule has 2 aliphatic heterocycles. The predicted molar refractivity (Wildman–Crippen MR) is 193 cm³/mol. The van der Waals surface area contributed by atoms with Crippen LogP contribution in [0.1, 0.15) is 68.7 Å². The van der Waals surface area contributed by atoms with E-state index < -0.39 is 11.0 Å². The van der Waals surface area contributed by atoms with Crippen LogP contribution >= 0.6 is 0 Å². The fourth-order valence-corrected chi connectivity index (χ4v) is 8.40. The van der Waals surface area contributed by atoms with Crippen molar-refractivity contribution < 1.29 is 18.3 Å². The van der Waals surface area contributed by atoms with Crippen LogP contribution in [0.2, 0.25) is 0 Å². The van der Waals surface area contributed by atoms with E-state index in [9.17, 15) is 13.6 Å². The van der Waals surface area contributed by atoms with E-state index in [1.54, 1.807) is 4.90 Å². The number of anilines is 1. The van der Waals surface area contributed by atoms with Crippen molar-refractivity contribution >= 4 is 11.6 Å². The number of benzene rings is 4. The van der Waals surface area contributed by atoms with Gasteiger partial charge in [-0.05, 0) is 84.8 Å². The number of piperazine rings is 1. The van der Waals surface area contributed by atoms with Crippen LogP contribution in [0.25, 0.3) is 0 Å². The Bertz CT molecular complexity index is 1670. The van der Waals surface area contributed by atoms with Gasteiger partial charge in [0.15, 0.2) is 0 Å². The average Bonchev–Trinajstić information content (AvgIpc) is 3.35. The molecule has 1 fully saturated rings. The Balaban J connectivity index is 1.09. The summed E-state index contributed by atoms with van der Waals surface area (Å²) in [7, 11) is 1.87. The van der Waals surface area contributed by atoms with Crippen LogP contribution in [0.5, 0.6) is 5.75 Å². The molecule has 0 saturated carbocycles. The first-order chi connectivity index (χ1) is 23.7. The summed E-state index contributed by atoms with van der Waals surface area (Å²) in [6.07, 6.45) is 3.69. The molecule has 1 saturated heterocycles. The van der Waals surface area contributed by atoms with E-state index in [1.807, 2.05) is 67.7 Å². The zero-order chi connectivity index (χ0) is 34.6. The Morgan fingerprint density at radius 1 is 0.776 bits per heavy atom. The lowest BCUT2D eigenvalue weighted by Crippen LogP contribution is -2.56. The van der Waals surface area contributed by atoms with Gasteiger partial charge in [-0.1, -0.05) is 87.9 Å². The number of likely N-dealkylation sites (N-methyl/N-ethyl adjacent to an activating group) is 1. The maximum atomic E-state index is 14.0. The number of carbonyl (C=O) groups excluding carboxylic acids is 1. The van der Waals surface area contributed by atoms with Gasteiger partial charge in [0.1, 0.15) is 22.8 Å². The standard InChI is InChI=1S/C42H49F2N3O2/c1-5-24-41(32-16-20-34(43)21-17-32,33-18-22-35(44)23-19-33)47-28-26-46(27-29-47)25-10-11-30-49-39-15-9-7-13-37(39)42(31(2)3)36-12-6-8-14-38(36)45(4)40(42)48/h6-9,12-23,31H,5,10-11,24-30H2,1-4H3. The number of rotatable bonds is 13. The molecule has 1 unspecified atom stereocenters. The second-order valence-electron chi connectivity index (χ2n) is 13.8. The summed E-state index contributed by atoms with van der Waals surface area (Å²) in [6, 6.07) is 29.8. The van der Waals surface area contributed by atoms with E-state index in [1.165, 1.54) is 24.3 Å². The van der Waals surface area contributed by atoms with Crippen molar-refractivity contribution in [2.24, 2.45) is 5.92 Å². The molecular weight excluding hydrogens is 616 g/mol. The summed E-state index contributed by atoms with van der Waals surface area (Å²) in [5.74, 6) is 0.388. The lowest BCUT2D eigenvalue weighted by atomic mass is 9.67. The smallest absolute Gasteiger partial charge is 0.242 e. The highest BCUT2D eigenvalue weighted by atomic mass is 19.1. The number of hydrogen-bond donors (Lipinski definition) is 0. The molecule has 7 heteroatoms. The number of halogens is 2. The van der Waals surface area contributed by atoms with Gasteiger partial charge in [0.2, 0.25) is 5.91 Å². The van der Waals surface area contributed by atoms with Gasteiger partial charge in [0.25, 0.3) is 0 Å². The second-order valence-corrected chi connectivity index (χ2v) is 13.8. The summed E-state index contributed by atoms with van der Waals surface area (Å²) in [5, 5.41) is 0. The molecule has 6 rings (SSSR count). The van der Waals surface area contributed by atoms with Gasteiger partial charge in [-0.3, -0.25) is 9.69 Å². The summed E-state index contributed by atoms with van der Waals surface area (Å²) in [4.78, 5) is 20.8. The third-order valence-corrected chi connectivity index (χ3v) is 10.8. The molecule has 0 aromatic heterocycles. The lowest BCUT2D eigenvalue weighted by Gasteiger charge is -2.49. The number of hydrogen-bond acceptors (Lipinski definition) is 4. The minimum Gasteiger partial charge on any atom is -0.493 e. The monoisotopic (exact) mass is 665 g/mol. The normalized spacial score (nSPS) is 18.7. The Labute approximate surface area is 290 Å². The van der Waals surface area contributed by atoms with Crippen LogP contribution < -0.4 is 9.64 Å². The zero-order valence-electron chi connectivity index (χ0n) is 29.3. The minimum atomic E-state index is -0.795. The molecule has 0 N–H and O–H groups in total. The van der Waals surface area contributed by atoms with Crippen LogP contribution in [0.15, 0.2) is 97.1 Å². The molecule has 0 radical (unpaired) electrons. The van der Waals surface area contributed by atoms with E-state index in [0.29, 0.717) is 6.61 Å². The Morgan fingerprint density at radius 2 is 1.35 bits per heavy atom. The molecule has 2 heterocycles. The van der Waals surface area contributed by atoms with Gasteiger partial charge in [-0.15, -0.1) is 0 Å². The molecule has 4 aromatic carbocycles. The Morgan fingerprint density at radius 3 is 1.94 bits per heavy atom. The molecule has 2 aliphatic rings. The number of carbonyl (C=O) groups is 1. The van der Waals surface area contributed by atoms with Gasteiger partial charge >= 0.3 is 0 Å². The zero-order valence-corrected chi connectivity index (χ0v) is 29.3. The first-order valence-corrected chi connectivity index (χ1v) is 17.8. The fraction of sp³-hybridized carbons (Fsp3) is 0.405. The van der Waals surface area contributed by atoms with Gasteiger partial charge < -0.3 is 14.5 Å². The second kappa shape index (κ2) is 14.8. The molecule has 0 spiro atoms. The summed E-state index contributed by atoms with van der Waals surface area (Å²) in [5.41, 5.74) is 3.76. The van der Waals surface area contributed by atoms with Crippen molar-refractivity contribution in [3.63, 3.8) is 0 Å². The van der Waals surface area contributed by atoms with Crippen molar-refractivity contribution in [2.75, 3.05) is 51.3 Å².